The van der Waals surface area contributed by atoms with Crippen molar-refractivity contribution in [3.8, 4) is 11.5 Å². The van der Waals surface area contributed by atoms with Gasteiger partial charge in [0.1, 0.15) is 11.5 Å². The number of Topliss-reactive ketones (excluding diaryl/α,β-unsaturated/α-hetero) is 1. The summed E-state index contributed by atoms with van der Waals surface area (Å²) in [6, 6.07) is 12.3. The maximum absolute atomic E-state index is 13.1. The first-order chi connectivity index (χ1) is 16.3. The van der Waals surface area contributed by atoms with Crippen LogP contribution in [0.2, 0.25) is 0 Å². The van der Waals surface area contributed by atoms with Crippen molar-refractivity contribution >= 4 is 23.1 Å². The van der Waals surface area contributed by atoms with Crippen LogP contribution in [0.25, 0.3) is 5.76 Å². The number of hydrogen-bond acceptors (Lipinski definition) is 8. The van der Waals surface area contributed by atoms with E-state index in [-0.39, 0.29) is 23.4 Å². The predicted octanol–water partition coefficient (Wildman–Crippen LogP) is 3.83. The van der Waals surface area contributed by atoms with Gasteiger partial charge in [-0.2, -0.15) is 0 Å². The van der Waals surface area contributed by atoms with E-state index in [0.29, 0.717) is 22.8 Å². The van der Waals surface area contributed by atoms with Crippen LogP contribution in [-0.4, -0.2) is 40.8 Å². The number of hydrogen-bond donors (Lipinski definition) is 1. The highest BCUT2D eigenvalue weighted by Gasteiger charge is 2.46. The third-order valence-corrected chi connectivity index (χ3v) is 5.52. The summed E-state index contributed by atoms with van der Waals surface area (Å²) in [5.74, 6) is -0.957. The van der Waals surface area contributed by atoms with Crippen molar-refractivity contribution in [2.24, 2.45) is 0 Å². The summed E-state index contributed by atoms with van der Waals surface area (Å²) in [5.41, 5.74) is 0.350. The molecule has 3 aromatic rings. The second kappa shape index (κ2) is 9.10. The van der Waals surface area contributed by atoms with Gasteiger partial charge in [0.2, 0.25) is 0 Å². The zero-order valence-electron chi connectivity index (χ0n) is 18.3. The Hall–Kier alpha value is -4.60. The molecule has 1 aliphatic rings. The summed E-state index contributed by atoms with van der Waals surface area (Å²) in [4.78, 5) is 37.9. The number of nitrogens with zero attached hydrogens (tertiary/aromatic N) is 2. The third kappa shape index (κ3) is 3.96. The SMILES string of the molecule is COc1ccc(/C(O)=C2\C(=O)C(=O)N(Cc3ccco3)C2c2ccc([N+](=O)[O-])cc2)cc1OC. The standard InChI is InChI=1S/C24H20N2O8/c1-32-18-10-7-15(12-19(18)33-2)22(27)20-21(14-5-8-16(9-6-14)26(30)31)25(24(29)23(20)28)13-17-4-3-11-34-17/h3-12,21,27H,13H2,1-2H3/b22-20+. The Labute approximate surface area is 193 Å². The molecule has 174 valence electrons. The molecule has 10 nitrogen and oxygen atoms in total. The Morgan fingerprint density at radius 2 is 1.79 bits per heavy atom. The van der Waals surface area contributed by atoms with E-state index in [9.17, 15) is 24.8 Å². The van der Waals surface area contributed by atoms with Crippen molar-refractivity contribution in [2.45, 2.75) is 12.6 Å². The molecule has 2 aromatic carbocycles. The number of nitro benzene ring substituents is 1. The molecule has 1 amide bonds. The average Bonchev–Trinajstić information content (AvgIpc) is 3.45. The predicted molar refractivity (Wildman–Crippen MR) is 119 cm³/mol. The number of ether oxygens (including phenoxy) is 2. The van der Waals surface area contributed by atoms with Crippen molar-refractivity contribution < 1.29 is 33.5 Å². The molecule has 1 atom stereocenters. The van der Waals surface area contributed by atoms with E-state index in [2.05, 4.69) is 0 Å². The highest BCUT2D eigenvalue weighted by molar-refractivity contribution is 6.46. The topological polar surface area (TPSA) is 132 Å². The molecule has 1 fully saturated rings. The number of likely N-dealkylation sites (tertiary alicyclic amines) is 1. The van der Waals surface area contributed by atoms with Crippen LogP contribution < -0.4 is 9.47 Å². The van der Waals surface area contributed by atoms with Crippen molar-refractivity contribution in [3.63, 3.8) is 0 Å². The first-order valence-corrected chi connectivity index (χ1v) is 10.1. The Morgan fingerprint density at radius 1 is 1.09 bits per heavy atom. The van der Waals surface area contributed by atoms with Gasteiger partial charge in [-0.1, -0.05) is 0 Å². The van der Waals surface area contributed by atoms with Gasteiger partial charge in [0.15, 0.2) is 11.5 Å². The number of aliphatic hydroxyl groups is 1. The van der Waals surface area contributed by atoms with Crippen molar-refractivity contribution in [1.29, 1.82) is 0 Å². The summed E-state index contributed by atoms with van der Waals surface area (Å²) < 4.78 is 15.8. The average molecular weight is 464 g/mol. The molecule has 34 heavy (non-hydrogen) atoms. The number of nitro groups is 1. The molecule has 4 rings (SSSR count). The van der Waals surface area contributed by atoms with E-state index in [1.165, 1.54) is 61.8 Å². The smallest absolute Gasteiger partial charge is 0.296 e. The normalized spacial score (nSPS) is 17.1. The minimum Gasteiger partial charge on any atom is -0.507 e. The molecular weight excluding hydrogens is 444 g/mol. The fourth-order valence-corrected chi connectivity index (χ4v) is 3.88. The summed E-state index contributed by atoms with van der Waals surface area (Å²) in [7, 11) is 2.90. The number of aliphatic hydroxyl groups excluding tert-OH is 1. The van der Waals surface area contributed by atoms with Crippen LogP contribution in [-0.2, 0) is 16.1 Å². The molecule has 0 spiro atoms. The van der Waals surface area contributed by atoms with Crippen LogP contribution in [0.3, 0.4) is 0 Å². The van der Waals surface area contributed by atoms with Gasteiger partial charge >= 0.3 is 0 Å². The molecule has 0 bridgehead atoms. The fourth-order valence-electron chi connectivity index (χ4n) is 3.88. The minimum absolute atomic E-state index is 0.0397. The molecule has 2 heterocycles. The molecule has 1 aliphatic heterocycles. The van der Waals surface area contributed by atoms with Crippen molar-refractivity contribution in [3.05, 3.63) is 93.4 Å². The third-order valence-electron chi connectivity index (χ3n) is 5.52. The Balaban J connectivity index is 1.87. The van der Waals surface area contributed by atoms with Crippen molar-refractivity contribution in [2.75, 3.05) is 14.2 Å². The number of benzene rings is 2. The van der Waals surface area contributed by atoms with Crippen LogP contribution in [0.15, 0.2) is 70.9 Å². The highest BCUT2D eigenvalue weighted by Crippen LogP contribution is 2.41. The van der Waals surface area contributed by atoms with Gasteiger partial charge in [-0.05, 0) is 48.0 Å². The minimum atomic E-state index is -1.00. The second-order valence-electron chi connectivity index (χ2n) is 7.42. The Bertz CT molecular complexity index is 1280. The lowest BCUT2D eigenvalue weighted by Crippen LogP contribution is -2.29. The van der Waals surface area contributed by atoms with Gasteiger partial charge in [0.05, 0.1) is 43.6 Å². The van der Waals surface area contributed by atoms with Gasteiger partial charge in [0.25, 0.3) is 17.4 Å². The van der Waals surface area contributed by atoms with E-state index in [1.807, 2.05) is 0 Å². The number of furan rings is 1. The Morgan fingerprint density at radius 3 is 2.38 bits per heavy atom. The van der Waals surface area contributed by atoms with Gasteiger partial charge in [-0.25, -0.2) is 0 Å². The number of methoxy groups -OCH3 is 2. The number of ketones is 1. The lowest BCUT2D eigenvalue weighted by Gasteiger charge is -2.24. The first kappa shape index (κ1) is 22.6. The number of carbonyl (C=O) groups excluding carboxylic acids is 2. The van der Waals surface area contributed by atoms with E-state index >= 15 is 0 Å². The van der Waals surface area contributed by atoms with Gasteiger partial charge in [-0.3, -0.25) is 19.7 Å². The van der Waals surface area contributed by atoms with Crippen molar-refractivity contribution in [1.82, 2.24) is 4.90 Å². The van der Waals surface area contributed by atoms with Crippen LogP contribution in [0.4, 0.5) is 5.69 Å². The van der Waals surface area contributed by atoms with E-state index in [0.717, 1.165) is 0 Å². The summed E-state index contributed by atoms with van der Waals surface area (Å²) in [6.07, 6.45) is 1.44. The highest BCUT2D eigenvalue weighted by atomic mass is 16.6. The quantitative estimate of drug-likeness (QED) is 0.183. The molecule has 1 N–H and O–H groups in total. The van der Waals surface area contributed by atoms with Gasteiger partial charge in [-0.15, -0.1) is 0 Å². The number of carbonyl (C=O) groups is 2. The fraction of sp³-hybridized carbons (Fsp3) is 0.167. The zero-order chi connectivity index (χ0) is 24.4. The lowest BCUT2D eigenvalue weighted by molar-refractivity contribution is -0.384. The van der Waals surface area contributed by atoms with Gasteiger partial charge in [0, 0.05) is 17.7 Å². The molecule has 0 saturated carbocycles. The summed E-state index contributed by atoms with van der Waals surface area (Å²) >= 11 is 0. The molecule has 0 aliphatic carbocycles. The van der Waals surface area contributed by atoms with Gasteiger partial charge < -0.3 is 23.9 Å². The maximum atomic E-state index is 13.1. The summed E-state index contributed by atoms with van der Waals surface area (Å²) in [6.45, 7) is -0.0397. The number of non-ortho nitro benzene ring substituents is 1. The van der Waals surface area contributed by atoms with E-state index in [4.69, 9.17) is 13.9 Å². The molecule has 10 heteroatoms. The van der Waals surface area contributed by atoms with Crippen LogP contribution in [0.5, 0.6) is 11.5 Å². The Kier molecular flexibility index (Phi) is 6.05. The molecular formula is C24H20N2O8. The zero-order valence-corrected chi connectivity index (χ0v) is 18.3. The second-order valence-corrected chi connectivity index (χ2v) is 7.42. The molecule has 1 unspecified atom stereocenters. The van der Waals surface area contributed by atoms with E-state index in [1.54, 1.807) is 18.2 Å². The largest absolute Gasteiger partial charge is 0.507 e. The maximum Gasteiger partial charge on any atom is 0.296 e. The van der Waals surface area contributed by atoms with E-state index < -0.39 is 28.4 Å². The molecule has 0 radical (unpaired) electrons. The van der Waals surface area contributed by atoms with Crippen LogP contribution in [0, 0.1) is 10.1 Å². The molecule has 1 aromatic heterocycles. The first-order valence-electron chi connectivity index (χ1n) is 10.1. The van der Waals surface area contributed by atoms with Crippen LogP contribution >= 0.6 is 0 Å². The monoisotopic (exact) mass is 464 g/mol. The summed E-state index contributed by atoms with van der Waals surface area (Å²) in [5, 5.41) is 22.2. The lowest BCUT2D eigenvalue weighted by atomic mass is 9.95. The number of rotatable bonds is 7. The molecule has 1 saturated heterocycles. The number of amides is 1. The van der Waals surface area contributed by atoms with Crippen LogP contribution in [0.1, 0.15) is 22.9 Å².